The van der Waals surface area contributed by atoms with Gasteiger partial charge < -0.3 is 19.0 Å². The summed E-state index contributed by atoms with van der Waals surface area (Å²) in [4.78, 5) is 31.5. The quantitative estimate of drug-likeness (QED) is 0.212. The maximum Gasteiger partial charge on any atom is 0.335 e. The summed E-state index contributed by atoms with van der Waals surface area (Å²) in [6.07, 6.45) is 0. The maximum absolute atomic E-state index is 11.1. The van der Waals surface area contributed by atoms with Crippen molar-refractivity contribution in [3.8, 4) is 45.2 Å². The molecule has 7 aromatic rings. The lowest BCUT2D eigenvalue weighted by molar-refractivity contribution is 0.0686. The molecule has 8 nitrogen and oxygen atoms in total. The van der Waals surface area contributed by atoms with Gasteiger partial charge in [0, 0.05) is 23.3 Å². The fraction of sp³-hybridized carbons (Fsp3) is 0. The highest BCUT2D eigenvalue weighted by Gasteiger charge is 2.15. The number of carboxylic acid groups (broad SMARTS) is 2. The second-order valence-electron chi connectivity index (χ2n) is 9.75. The first-order chi connectivity index (χ1) is 20.4. The summed E-state index contributed by atoms with van der Waals surface area (Å²) in [5, 5.41) is 18.2. The number of aromatic nitrogens is 2. The molecule has 0 aliphatic heterocycles. The molecular formula is C34H20N2O6. The number of benzene rings is 5. The third-order valence-corrected chi connectivity index (χ3v) is 7.09. The molecule has 0 aliphatic rings. The molecule has 0 radical (unpaired) electrons. The summed E-state index contributed by atoms with van der Waals surface area (Å²) < 4.78 is 12.1. The van der Waals surface area contributed by atoms with E-state index in [1.165, 1.54) is 0 Å². The molecule has 0 atom stereocenters. The molecular weight excluding hydrogens is 532 g/mol. The molecule has 202 valence electrons. The average molecular weight is 553 g/mol. The minimum Gasteiger partial charge on any atom is -0.478 e. The van der Waals surface area contributed by atoms with Crippen molar-refractivity contribution in [1.29, 1.82) is 0 Å². The second kappa shape index (κ2) is 9.87. The molecule has 0 bridgehead atoms. The van der Waals surface area contributed by atoms with Crippen molar-refractivity contribution in [3.05, 3.63) is 120 Å². The van der Waals surface area contributed by atoms with Crippen LogP contribution in [0.3, 0.4) is 0 Å². The van der Waals surface area contributed by atoms with Crippen molar-refractivity contribution >= 4 is 34.1 Å². The molecule has 5 aromatic carbocycles. The molecule has 0 amide bonds. The highest BCUT2D eigenvalue weighted by atomic mass is 16.4. The fourth-order valence-corrected chi connectivity index (χ4v) is 4.82. The third kappa shape index (κ3) is 4.56. The fourth-order valence-electron chi connectivity index (χ4n) is 4.82. The Bertz CT molecular complexity index is 1900. The third-order valence-electron chi connectivity index (χ3n) is 7.09. The number of nitrogens with zero attached hydrogens (tertiary/aromatic N) is 2. The number of carboxylic acids is 2. The van der Waals surface area contributed by atoms with Crippen LogP contribution in [0.5, 0.6) is 0 Å². The smallest absolute Gasteiger partial charge is 0.335 e. The summed E-state index contributed by atoms with van der Waals surface area (Å²) in [6, 6.07) is 32.5. The van der Waals surface area contributed by atoms with Crippen molar-refractivity contribution in [1.82, 2.24) is 9.97 Å². The van der Waals surface area contributed by atoms with Crippen LogP contribution in [-0.4, -0.2) is 32.1 Å². The molecule has 0 unspecified atom stereocenters. The van der Waals surface area contributed by atoms with E-state index in [1.807, 2.05) is 60.7 Å². The number of aromatic carboxylic acids is 2. The standard InChI is InChI=1S/C34H20N2O6/c37-33(38)25-13-5-21(6-14-25)19-1-9-23(10-2-19)31-35-27-17-30-28(18-29(27)41-31)36-32(42-30)24-11-3-20(4-12-24)22-7-15-26(16-8-22)34(39)40/h1-18H,(H,37,38)(H,39,40). The van der Waals surface area contributed by atoms with Crippen LogP contribution in [0.15, 0.2) is 118 Å². The van der Waals surface area contributed by atoms with Crippen LogP contribution in [0.4, 0.5) is 0 Å². The molecule has 2 N–H and O–H groups in total. The largest absolute Gasteiger partial charge is 0.478 e. The number of hydrogen-bond acceptors (Lipinski definition) is 6. The Hall–Kier alpha value is -6.02. The zero-order valence-electron chi connectivity index (χ0n) is 21.8. The lowest BCUT2D eigenvalue weighted by Gasteiger charge is -2.03. The monoisotopic (exact) mass is 552 g/mol. The predicted molar refractivity (Wildman–Crippen MR) is 157 cm³/mol. The Kier molecular flexibility index (Phi) is 5.87. The second-order valence-corrected chi connectivity index (χ2v) is 9.75. The van der Waals surface area contributed by atoms with Crippen LogP contribution >= 0.6 is 0 Å². The minimum absolute atomic E-state index is 0.245. The van der Waals surface area contributed by atoms with Crippen molar-refractivity contribution in [2.75, 3.05) is 0 Å². The lowest BCUT2D eigenvalue weighted by atomic mass is 10.0. The van der Waals surface area contributed by atoms with Gasteiger partial charge in [-0.05, 0) is 70.8 Å². The first kappa shape index (κ1) is 25.0. The van der Waals surface area contributed by atoms with Gasteiger partial charge in [0.2, 0.25) is 11.8 Å². The first-order valence-corrected chi connectivity index (χ1v) is 13.0. The maximum atomic E-state index is 11.1. The number of fused-ring (bicyclic) bond motifs is 2. The van der Waals surface area contributed by atoms with E-state index in [0.717, 1.165) is 33.4 Å². The summed E-state index contributed by atoms with van der Waals surface area (Å²) >= 11 is 0. The summed E-state index contributed by atoms with van der Waals surface area (Å²) in [5.74, 6) is -0.970. The zero-order chi connectivity index (χ0) is 28.8. The Morgan fingerprint density at radius 3 is 1.05 bits per heavy atom. The van der Waals surface area contributed by atoms with E-state index in [-0.39, 0.29) is 11.1 Å². The van der Waals surface area contributed by atoms with Gasteiger partial charge in [0.1, 0.15) is 11.0 Å². The Balaban J connectivity index is 1.12. The van der Waals surface area contributed by atoms with E-state index in [2.05, 4.69) is 9.97 Å². The van der Waals surface area contributed by atoms with Crippen molar-refractivity contribution < 1.29 is 28.6 Å². The van der Waals surface area contributed by atoms with Gasteiger partial charge in [0.05, 0.1) is 11.1 Å². The molecule has 0 saturated heterocycles. The van der Waals surface area contributed by atoms with E-state index in [0.29, 0.717) is 34.0 Å². The van der Waals surface area contributed by atoms with Gasteiger partial charge in [-0.15, -0.1) is 0 Å². The van der Waals surface area contributed by atoms with Crippen LogP contribution in [0, 0.1) is 0 Å². The van der Waals surface area contributed by atoms with Gasteiger partial charge in [0.25, 0.3) is 0 Å². The zero-order valence-corrected chi connectivity index (χ0v) is 21.8. The van der Waals surface area contributed by atoms with E-state index in [1.54, 1.807) is 48.5 Å². The van der Waals surface area contributed by atoms with Gasteiger partial charge in [-0.25, -0.2) is 19.6 Å². The lowest BCUT2D eigenvalue weighted by Crippen LogP contribution is -1.94. The average Bonchev–Trinajstić information content (AvgIpc) is 3.63. The Morgan fingerprint density at radius 1 is 0.452 bits per heavy atom. The predicted octanol–water partition coefficient (Wildman–Crippen LogP) is 8.03. The molecule has 0 aliphatic carbocycles. The van der Waals surface area contributed by atoms with E-state index >= 15 is 0 Å². The normalized spacial score (nSPS) is 11.2. The van der Waals surface area contributed by atoms with Crippen molar-refractivity contribution in [2.24, 2.45) is 0 Å². The SMILES string of the molecule is O=C(O)c1ccc(-c2ccc(-c3nc4cc5oc(-c6ccc(-c7ccc(C(=O)O)cc7)cc6)nc5cc4o3)cc2)cc1. The number of carbonyl (C=O) groups is 2. The Labute approximate surface area is 238 Å². The first-order valence-electron chi connectivity index (χ1n) is 13.0. The Morgan fingerprint density at radius 2 is 0.738 bits per heavy atom. The highest BCUT2D eigenvalue weighted by molar-refractivity contribution is 5.92. The molecule has 2 aromatic heterocycles. The van der Waals surface area contributed by atoms with Crippen LogP contribution in [0.25, 0.3) is 67.4 Å². The number of oxazole rings is 2. The molecule has 7 rings (SSSR count). The highest BCUT2D eigenvalue weighted by Crippen LogP contribution is 2.32. The molecule has 2 heterocycles. The van der Waals surface area contributed by atoms with Gasteiger partial charge >= 0.3 is 11.9 Å². The number of hydrogen-bond donors (Lipinski definition) is 2. The van der Waals surface area contributed by atoms with Gasteiger partial charge in [-0.2, -0.15) is 0 Å². The van der Waals surface area contributed by atoms with Gasteiger partial charge in [0.15, 0.2) is 11.2 Å². The molecule has 0 spiro atoms. The van der Waals surface area contributed by atoms with Crippen LogP contribution in [0.1, 0.15) is 20.7 Å². The van der Waals surface area contributed by atoms with E-state index < -0.39 is 11.9 Å². The van der Waals surface area contributed by atoms with Crippen LogP contribution in [0.2, 0.25) is 0 Å². The van der Waals surface area contributed by atoms with E-state index in [4.69, 9.17) is 19.0 Å². The molecule has 8 heteroatoms. The summed E-state index contributed by atoms with van der Waals surface area (Å²) in [7, 11) is 0. The van der Waals surface area contributed by atoms with Crippen molar-refractivity contribution in [2.45, 2.75) is 0 Å². The van der Waals surface area contributed by atoms with Gasteiger partial charge in [-0.3, -0.25) is 0 Å². The van der Waals surface area contributed by atoms with Crippen LogP contribution in [-0.2, 0) is 0 Å². The van der Waals surface area contributed by atoms with Crippen LogP contribution < -0.4 is 0 Å². The number of rotatable bonds is 6. The van der Waals surface area contributed by atoms with Crippen molar-refractivity contribution in [3.63, 3.8) is 0 Å². The summed E-state index contributed by atoms with van der Waals surface area (Å²) in [5.41, 5.74) is 8.29. The molecule has 0 fully saturated rings. The molecule has 42 heavy (non-hydrogen) atoms. The van der Waals surface area contributed by atoms with Gasteiger partial charge in [-0.1, -0.05) is 48.5 Å². The topological polar surface area (TPSA) is 127 Å². The van der Waals surface area contributed by atoms with E-state index in [9.17, 15) is 9.59 Å². The summed E-state index contributed by atoms with van der Waals surface area (Å²) in [6.45, 7) is 0. The minimum atomic E-state index is -0.955. The molecule has 0 saturated carbocycles.